The van der Waals surface area contributed by atoms with Gasteiger partial charge in [0.25, 0.3) is 0 Å². The average molecular weight is 274 g/mol. The quantitative estimate of drug-likeness (QED) is 0.768. The molecular formula is C14H15FN4O. The first-order valence-corrected chi connectivity index (χ1v) is 6.07. The molecule has 0 aliphatic rings. The molecule has 5 N–H and O–H groups in total. The van der Waals surface area contributed by atoms with E-state index in [2.05, 4.69) is 10.3 Å². The number of carbonyl (C=O) groups is 1. The number of amides is 1. The molecule has 1 aromatic heterocycles. The molecule has 2 aromatic rings. The van der Waals surface area contributed by atoms with E-state index in [4.69, 9.17) is 11.5 Å². The Morgan fingerprint density at radius 1 is 1.30 bits per heavy atom. The van der Waals surface area contributed by atoms with Crippen molar-refractivity contribution in [2.45, 2.75) is 13.1 Å². The summed E-state index contributed by atoms with van der Waals surface area (Å²) in [5, 5.41) is 2.97. The van der Waals surface area contributed by atoms with Gasteiger partial charge in [0.15, 0.2) is 0 Å². The molecule has 0 saturated carbocycles. The molecule has 1 amide bonds. The van der Waals surface area contributed by atoms with Crippen LogP contribution in [0.25, 0.3) is 0 Å². The number of nitrogens with one attached hydrogen (secondary N) is 1. The molecule has 0 spiro atoms. The van der Waals surface area contributed by atoms with Gasteiger partial charge < -0.3 is 16.8 Å². The smallest absolute Gasteiger partial charge is 0.250 e. The number of anilines is 1. The number of benzene rings is 1. The fourth-order valence-electron chi connectivity index (χ4n) is 1.69. The average Bonchev–Trinajstić information content (AvgIpc) is 2.46. The Balaban J connectivity index is 2.03. The minimum absolute atomic E-state index is 0.291. The molecule has 0 saturated heterocycles. The van der Waals surface area contributed by atoms with E-state index in [1.54, 1.807) is 24.3 Å². The molecule has 0 radical (unpaired) electrons. The summed E-state index contributed by atoms with van der Waals surface area (Å²) in [6, 6.07) is 8.06. The number of halogens is 1. The van der Waals surface area contributed by atoms with Crippen LogP contribution < -0.4 is 16.8 Å². The monoisotopic (exact) mass is 274 g/mol. The van der Waals surface area contributed by atoms with Crippen LogP contribution in [-0.2, 0) is 13.1 Å². The van der Waals surface area contributed by atoms with Gasteiger partial charge in [-0.05, 0) is 23.8 Å². The van der Waals surface area contributed by atoms with E-state index in [-0.39, 0.29) is 5.82 Å². The number of rotatable bonds is 5. The Labute approximate surface area is 115 Å². The van der Waals surface area contributed by atoms with E-state index >= 15 is 0 Å². The first-order valence-electron chi connectivity index (χ1n) is 6.07. The highest BCUT2D eigenvalue weighted by Gasteiger charge is 2.04. The number of hydrogen-bond donors (Lipinski definition) is 3. The minimum atomic E-state index is -0.535. The van der Waals surface area contributed by atoms with Crippen molar-refractivity contribution >= 4 is 11.7 Å². The summed E-state index contributed by atoms with van der Waals surface area (Å²) in [4.78, 5) is 14.9. The van der Waals surface area contributed by atoms with Gasteiger partial charge in [-0.15, -0.1) is 0 Å². The van der Waals surface area contributed by atoms with Crippen LogP contribution >= 0.6 is 0 Å². The molecule has 104 valence electrons. The molecule has 5 nitrogen and oxygen atoms in total. The van der Waals surface area contributed by atoms with Gasteiger partial charge in [-0.3, -0.25) is 4.79 Å². The van der Waals surface area contributed by atoms with Gasteiger partial charge in [-0.2, -0.15) is 0 Å². The highest BCUT2D eigenvalue weighted by atomic mass is 19.1. The third kappa shape index (κ3) is 3.30. The number of aromatic nitrogens is 1. The molecule has 1 aromatic carbocycles. The second-order valence-corrected chi connectivity index (χ2v) is 4.28. The Morgan fingerprint density at radius 3 is 2.65 bits per heavy atom. The van der Waals surface area contributed by atoms with Gasteiger partial charge in [0.1, 0.15) is 11.6 Å². The van der Waals surface area contributed by atoms with Crippen LogP contribution in [-0.4, -0.2) is 10.9 Å². The van der Waals surface area contributed by atoms with Crippen molar-refractivity contribution in [1.29, 1.82) is 0 Å². The zero-order valence-electron chi connectivity index (χ0n) is 10.8. The number of hydrogen-bond acceptors (Lipinski definition) is 4. The standard InChI is InChI=1S/C14H15FN4O/c15-12-5-9(6-16)1-2-10(12)7-18-13-4-3-11(8-19-13)14(17)20/h1-5,8H,6-7,16H2,(H2,17,20)(H,18,19). The van der Waals surface area contributed by atoms with Gasteiger partial charge in [-0.25, -0.2) is 9.37 Å². The predicted molar refractivity (Wildman–Crippen MR) is 74.4 cm³/mol. The van der Waals surface area contributed by atoms with E-state index in [9.17, 15) is 9.18 Å². The lowest BCUT2D eigenvalue weighted by atomic mass is 10.1. The topological polar surface area (TPSA) is 94.0 Å². The number of nitrogens with zero attached hydrogens (tertiary/aromatic N) is 1. The normalized spacial score (nSPS) is 10.3. The molecule has 0 atom stereocenters. The lowest BCUT2D eigenvalue weighted by Crippen LogP contribution is -2.11. The molecule has 0 bridgehead atoms. The molecule has 2 rings (SSSR count). The fourth-order valence-corrected chi connectivity index (χ4v) is 1.69. The van der Waals surface area contributed by atoms with Crippen molar-refractivity contribution in [3.63, 3.8) is 0 Å². The van der Waals surface area contributed by atoms with Crippen LogP contribution in [0, 0.1) is 5.82 Å². The second kappa shape index (κ2) is 6.12. The summed E-state index contributed by atoms with van der Waals surface area (Å²) in [5.74, 6) is -0.307. The maximum Gasteiger partial charge on any atom is 0.250 e. The van der Waals surface area contributed by atoms with E-state index in [0.717, 1.165) is 5.56 Å². The highest BCUT2D eigenvalue weighted by Crippen LogP contribution is 2.12. The zero-order valence-corrected chi connectivity index (χ0v) is 10.8. The number of primary amides is 1. The molecular weight excluding hydrogens is 259 g/mol. The van der Waals surface area contributed by atoms with Crippen molar-refractivity contribution in [1.82, 2.24) is 4.98 Å². The molecule has 1 heterocycles. The second-order valence-electron chi connectivity index (χ2n) is 4.28. The number of pyridine rings is 1. The Bertz CT molecular complexity index is 613. The lowest BCUT2D eigenvalue weighted by molar-refractivity contribution is 0.1000. The minimum Gasteiger partial charge on any atom is -0.366 e. The maximum absolute atomic E-state index is 13.7. The maximum atomic E-state index is 13.7. The SMILES string of the molecule is NCc1ccc(CNc2ccc(C(N)=O)cn2)c(F)c1. The number of nitrogens with two attached hydrogens (primary N) is 2. The van der Waals surface area contributed by atoms with Crippen molar-refractivity contribution in [3.8, 4) is 0 Å². The van der Waals surface area contributed by atoms with Crippen molar-refractivity contribution in [2.75, 3.05) is 5.32 Å². The molecule has 0 aliphatic heterocycles. The third-order valence-electron chi connectivity index (χ3n) is 2.86. The zero-order chi connectivity index (χ0) is 14.5. The van der Waals surface area contributed by atoms with Gasteiger partial charge in [0.05, 0.1) is 5.56 Å². The van der Waals surface area contributed by atoms with Crippen LogP contribution in [0.2, 0.25) is 0 Å². The van der Waals surface area contributed by atoms with Crippen LogP contribution in [0.3, 0.4) is 0 Å². The Morgan fingerprint density at radius 2 is 2.10 bits per heavy atom. The largest absolute Gasteiger partial charge is 0.366 e. The van der Waals surface area contributed by atoms with E-state index in [1.807, 2.05) is 0 Å². The molecule has 0 unspecified atom stereocenters. The van der Waals surface area contributed by atoms with Gasteiger partial charge >= 0.3 is 0 Å². The van der Waals surface area contributed by atoms with Crippen molar-refractivity contribution in [3.05, 3.63) is 59.0 Å². The van der Waals surface area contributed by atoms with E-state index in [1.165, 1.54) is 12.3 Å². The first-order chi connectivity index (χ1) is 9.60. The number of carbonyl (C=O) groups excluding carboxylic acids is 1. The highest BCUT2D eigenvalue weighted by molar-refractivity contribution is 5.92. The van der Waals surface area contributed by atoms with Crippen LogP contribution in [0.5, 0.6) is 0 Å². The molecule has 20 heavy (non-hydrogen) atoms. The fraction of sp³-hybridized carbons (Fsp3) is 0.143. The third-order valence-corrected chi connectivity index (χ3v) is 2.86. The van der Waals surface area contributed by atoms with Gasteiger partial charge in [-0.1, -0.05) is 12.1 Å². The van der Waals surface area contributed by atoms with E-state index in [0.29, 0.717) is 30.0 Å². The van der Waals surface area contributed by atoms with Crippen molar-refractivity contribution in [2.24, 2.45) is 11.5 Å². The lowest BCUT2D eigenvalue weighted by Gasteiger charge is -2.08. The summed E-state index contributed by atoms with van der Waals surface area (Å²) in [6.45, 7) is 0.598. The molecule has 0 fully saturated rings. The Kier molecular flexibility index (Phi) is 4.27. The van der Waals surface area contributed by atoms with Crippen LogP contribution in [0.15, 0.2) is 36.5 Å². The molecule has 0 aliphatic carbocycles. The first kappa shape index (κ1) is 14.0. The van der Waals surface area contributed by atoms with Gasteiger partial charge in [0, 0.05) is 24.8 Å². The summed E-state index contributed by atoms with van der Waals surface area (Å²) in [5.41, 5.74) is 12.1. The van der Waals surface area contributed by atoms with Crippen LogP contribution in [0.1, 0.15) is 21.5 Å². The summed E-state index contributed by atoms with van der Waals surface area (Å²) < 4.78 is 13.7. The predicted octanol–water partition coefficient (Wildman–Crippen LogP) is 1.39. The van der Waals surface area contributed by atoms with E-state index < -0.39 is 5.91 Å². The summed E-state index contributed by atoms with van der Waals surface area (Å²) in [6.07, 6.45) is 1.37. The van der Waals surface area contributed by atoms with Crippen LogP contribution in [0.4, 0.5) is 10.2 Å². The molecule has 6 heteroatoms. The Hall–Kier alpha value is -2.47. The van der Waals surface area contributed by atoms with Crippen molar-refractivity contribution < 1.29 is 9.18 Å². The summed E-state index contributed by atoms with van der Waals surface area (Å²) >= 11 is 0. The summed E-state index contributed by atoms with van der Waals surface area (Å²) in [7, 11) is 0. The van der Waals surface area contributed by atoms with Gasteiger partial charge in [0.2, 0.25) is 5.91 Å².